The first-order valence-corrected chi connectivity index (χ1v) is 14.7. The number of hydrogen-bond donors (Lipinski definition) is 0. The van der Waals surface area contributed by atoms with Crippen molar-refractivity contribution in [2.45, 2.75) is 126 Å². The average molecular weight is 497 g/mol. The first-order valence-electron chi connectivity index (χ1n) is 14.7. The van der Waals surface area contributed by atoms with Crippen molar-refractivity contribution in [2.75, 3.05) is 0 Å². The number of aryl methyl sites for hydroxylation is 1. The van der Waals surface area contributed by atoms with Crippen LogP contribution >= 0.6 is 0 Å². The second-order valence-corrected chi connectivity index (χ2v) is 13.2. The minimum atomic E-state index is 0.470. The highest BCUT2D eigenvalue weighted by molar-refractivity contribution is 5.82. The Kier molecular flexibility index (Phi) is 9.15. The SMILES string of the molecule is Cc1cc(-c2c(C(C)C)cc(C(C)C)cc2C(C)C)cc(-c2c(C(C)C)cc(C(C)C)cc2C(C)C)c1. The van der Waals surface area contributed by atoms with Gasteiger partial charge in [-0.25, -0.2) is 0 Å². The second-order valence-electron chi connectivity index (χ2n) is 13.2. The van der Waals surface area contributed by atoms with Crippen LogP contribution in [0.15, 0.2) is 42.5 Å². The van der Waals surface area contributed by atoms with E-state index >= 15 is 0 Å². The zero-order chi connectivity index (χ0) is 27.8. The molecule has 0 N–H and O–H groups in total. The lowest BCUT2D eigenvalue weighted by molar-refractivity contribution is 0.807. The molecule has 0 unspecified atom stereocenters. The Hall–Kier alpha value is -2.34. The zero-order valence-electron chi connectivity index (χ0n) is 26.0. The molecule has 3 aromatic carbocycles. The Balaban J connectivity index is 2.42. The first-order chi connectivity index (χ1) is 17.2. The second kappa shape index (κ2) is 11.6. The lowest BCUT2D eigenvalue weighted by atomic mass is 9.79. The molecule has 200 valence electrons. The topological polar surface area (TPSA) is 0 Å². The van der Waals surface area contributed by atoms with Crippen molar-refractivity contribution in [1.29, 1.82) is 0 Å². The van der Waals surface area contributed by atoms with Gasteiger partial charge in [-0.2, -0.15) is 0 Å². The Morgan fingerprint density at radius 1 is 0.351 bits per heavy atom. The van der Waals surface area contributed by atoms with E-state index in [1.807, 2.05) is 0 Å². The molecule has 0 nitrogen and oxygen atoms in total. The number of rotatable bonds is 8. The van der Waals surface area contributed by atoms with Gasteiger partial charge in [0, 0.05) is 0 Å². The summed E-state index contributed by atoms with van der Waals surface area (Å²) >= 11 is 0. The fourth-order valence-electron chi connectivity index (χ4n) is 5.65. The molecule has 0 amide bonds. The van der Waals surface area contributed by atoms with Crippen LogP contribution in [0.25, 0.3) is 22.3 Å². The van der Waals surface area contributed by atoms with Crippen LogP contribution in [0.4, 0.5) is 0 Å². The molecule has 0 heteroatoms. The summed E-state index contributed by atoms with van der Waals surface area (Å²) in [6.45, 7) is 30.3. The highest BCUT2D eigenvalue weighted by atomic mass is 14.3. The first kappa shape index (κ1) is 29.2. The molecule has 3 aromatic rings. The largest absolute Gasteiger partial charge is 0.0587 e. The van der Waals surface area contributed by atoms with E-state index in [4.69, 9.17) is 0 Å². The molecule has 0 aliphatic heterocycles. The molecule has 0 atom stereocenters. The van der Waals surface area contributed by atoms with Crippen molar-refractivity contribution in [3.63, 3.8) is 0 Å². The highest BCUT2D eigenvalue weighted by Crippen LogP contribution is 2.43. The summed E-state index contributed by atoms with van der Waals surface area (Å²) in [5.41, 5.74) is 15.8. The summed E-state index contributed by atoms with van der Waals surface area (Å²) < 4.78 is 0. The quantitative estimate of drug-likeness (QED) is 0.291. The molecule has 0 aliphatic carbocycles. The van der Waals surface area contributed by atoms with Gasteiger partial charge in [0.05, 0.1) is 0 Å². The molecular weight excluding hydrogens is 444 g/mol. The van der Waals surface area contributed by atoms with Gasteiger partial charge in [0.25, 0.3) is 0 Å². The van der Waals surface area contributed by atoms with E-state index in [0.717, 1.165) is 0 Å². The van der Waals surface area contributed by atoms with Crippen LogP contribution < -0.4 is 0 Å². The molecule has 0 aromatic heterocycles. The van der Waals surface area contributed by atoms with Crippen molar-refractivity contribution >= 4 is 0 Å². The third-order valence-electron chi connectivity index (χ3n) is 7.92. The molecular formula is C37H52. The van der Waals surface area contributed by atoms with Crippen LogP contribution in [-0.2, 0) is 0 Å². The Morgan fingerprint density at radius 2 is 0.622 bits per heavy atom. The lowest BCUT2D eigenvalue weighted by Gasteiger charge is -2.26. The van der Waals surface area contributed by atoms with E-state index in [9.17, 15) is 0 Å². The molecule has 37 heavy (non-hydrogen) atoms. The lowest BCUT2D eigenvalue weighted by Crippen LogP contribution is -2.05. The van der Waals surface area contributed by atoms with Crippen molar-refractivity contribution in [3.05, 3.63) is 81.4 Å². The smallest absolute Gasteiger partial charge is 0.0114 e. The summed E-state index contributed by atoms with van der Waals surface area (Å²) in [6.07, 6.45) is 0. The maximum absolute atomic E-state index is 2.50. The summed E-state index contributed by atoms with van der Waals surface area (Å²) in [7, 11) is 0. The molecule has 3 rings (SSSR count). The van der Waals surface area contributed by atoms with Crippen LogP contribution in [0.3, 0.4) is 0 Å². The predicted octanol–water partition coefficient (Wildman–Crippen LogP) is 12.1. The Morgan fingerprint density at radius 3 is 0.838 bits per heavy atom. The fourth-order valence-corrected chi connectivity index (χ4v) is 5.65. The van der Waals surface area contributed by atoms with Gasteiger partial charge in [-0.15, -0.1) is 0 Å². The van der Waals surface area contributed by atoms with Gasteiger partial charge < -0.3 is 0 Å². The normalized spacial score (nSPS) is 12.3. The maximum Gasteiger partial charge on any atom is -0.0114 e. The van der Waals surface area contributed by atoms with Gasteiger partial charge in [-0.3, -0.25) is 0 Å². The molecule has 0 bridgehead atoms. The molecule has 0 fully saturated rings. The minimum absolute atomic E-state index is 0.470. The van der Waals surface area contributed by atoms with Crippen LogP contribution in [0.5, 0.6) is 0 Å². The van der Waals surface area contributed by atoms with Crippen LogP contribution in [-0.4, -0.2) is 0 Å². The molecule has 0 saturated carbocycles. The standard InChI is InChI=1S/C37H52/c1-21(2)28-17-32(23(5)6)36(33(18-28)24(7)8)30-14-27(13)15-31(16-30)37-34(25(9)10)19-29(22(3)4)20-35(37)26(11)12/h14-26H,1-13H3. The summed E-state index contributed by atoms with van der Waals surface area (Å²) in [5, 5.41) is 0. The molecule has 0 radical (unpaired) electrons. The van der Waals surface area contributed by atoms with Crippen molar-refractivity contribution < 1.29 is 0 Å². The third kappa shape index (κ3) is 6.22. The molecule has 0 spiro atoms. The highest BCUT2D eigenvalue weighted by Gasteiger charge is 2.22. The van der Waals surface area contributed by atoms with Crippen molar-refractivity contribution in [2.24, 2.45) is 0 Å². The predicted molar refractivity (Wildman–Crippen MR) is 167 cm³/mol. The number of benzene rings is 3. The van der Waals surface area contributed by atoms with Gasteiger partial charge >= 0.3 is 0 Å². The van der Waals surface area contributed by atoms with E-state index in [-0.39, 0.29) is 0 Å². The van der Waals surface area contributed by atoms with Gasteiger partial charge in [0.15, 0.2) is 0 Å². The van der Waals surface area contributed by atoms with Gasteiger partial charge in [-0.1, -0.05) is 119 Å². The van der Waals surface area contributed by atoms with Gasteiger partial charge in [0.2, 0.25) is 0 Å². The third-order valence-corrected chi connectivity index (χ3v) is 7.92. The van der Waals surface area contributed by atoms with Crippen molar-refractivity contribution in [3.8, 4) is 22.3 Å². The van der Waals surface area contributed by atoms with Crippen LogP contribution in [0, 0.1) is 6.92 Å². The van der Waals surface area contributed by atoms with E-state index in [1.54, 1.807) is 0 Å². The zero-order valence-corrected chi connectivity index (χ0v) is 26.0. The van der Waals surface area contributed by atoms with E-state index in [2.05, 4.69) is 132 Å². The van der Waals surface area contributed by atoms with E-state index in [0.29, 0.717) is 35.5 Å². The summed E-state index contributed by atoms with van der Waals surface area (Å²) in [5.74, 6) is 2.93. The fraction of sp³-hybridized carbons (Fsp3) is 0.514. The molecule has 0 saturated heterocycles. The van der Waals surface area contributed by atoms with Crippen molar-refractivity contribution in [1.82, 2.24) is 0 Å². The molecule has 0 aliphatic rings. The van der Waals surface area contributed by atoms with E-state index < -0.39 is 0 Å². The van der Waals surface area contributed by atoms with Gasteiger partial charge in [-0.05, 0) is 110 Å². The Bertz CT molecular complexity index is 1080. The number of hydrogen-bond acceptors (Lipinski definition) is 0. The van der Waals surface area contributed by atoms with Crippen LogP contribution in [0.2, 0.25) is 0 Å². The molecule has 0 heterocycles. The van der Waals surface area contributed by atoms with Gasteiger partial charge in [0.1, 0.15) is 0 Å². The monoisotopic (exact) mass is 496 g/mol. The summed E-state index contributed by atoms with van der Waals surface area (Å²) in [4.78, 5) is 0. The van der Waals surface area contributed by atoms with Crippen LogP contribution in [0.1, 0.15) is 158 Å². The average Bonchev–Trinajstić information content (AvgIpc) is 2.81. The Labute approximate surface area is 228 Å². The minimum Gasteiger partial charge on any atom is -0.0587 e. The summed E-state index contributed by atoms with van der Waals surface area (Å²) in [6, 6.07) is 17.3. The van der Waals surface area contributed by atoms with E-state index in [1.165, 1.54) is 61.2 Å². The maximum atomic E-state index is 2.50.